The van der Waals surface area contributed by atoms with Gasteiger partial charge in [0.25, 0.3) is 0 Å². The molecule has 3 aromatic rings. The van der Waals surface area contributed by atoms with Crippen molar-refractivity contribution >= 4 is 21.6 Å². The van der Waals surface area contributed by atoms with Crippen molar-refractivity contribution in [2.24, 2.45) is 11.3 Å². The number of nitrogens with zero attached hydrogens (tertiary/aromatic N) is 2. The van der Waals surface area contributed by atoms with Gasteiger partial charge < -0.3 is 4.74 Å². The molecule has 2 heterocycles. The second kappa shape index (κ2) is 7.08. The molecule has 6 heteroatoms. The lowest BCUT2D eigenvalue weighted by Crippen LogP contribution is -2.33. The van der Waals surface area contributed by atoms with Crippen LogP contribution in [0, 0.1) is 23.0 Å². The molecular weight excluding hydrogens is 378 g/mol. The van der Waals surface area contributed by atoms with Crippen LogP contribution in [0.3, 0.4) is 0 Å². The third-order valence-electron chi connectivity index (χ3n) is 6.33. The third kappa shape index (κ3) is 3.29. The molecule has 2 aromatic carbocycles. The van der Waals surface area contributed by atoms with Crippen molar-refractivity contribution in [3.05, 3.63) is 59.1 Å². The SMILES string of the molecule is Fc1ccc(OCC23CCCC2CN(Cc2ccc4scnc4c2)C3)cc1F. The van der Waals surface area contributed by atoms with Crippen LogP contribution in [0.4, 0.5) is 8.78 Å². The van der Waals surface area contributed by atoms with E-state index in [1.165, 1.54) is 29.2 Å². The largest absolute Gasteiger partial charge is 0.493 e. The van der Waals surface area contributed by atoms with Gasteiger partial charge in [-0.2, -0.15) is 0 Å². The van der Waals surface area contributed by atoms with Crippen molar-refractivity contribution in [2.75, 3.05) is 19.7 Å². The van der Waals surface area contributed by atoms with Gasteiger partial charge in [-0.1, -0.05) is 12.5 Å². The number of thiazole rings is 1. The summed E-state index contributed by atoms with van der Waals surface area (Å²) >= 11 is 1.67. The minimum atomic E-state index is -0.858. The van der Waals surface area contributed by atoms with Gasteiger partial charge in [-0.05, 0) is 48.6 Å². The second-order valence-corrected chi connectivity index (χ2v) is 9.03. The summed E-state index contributed by atoms with van der Waals surface area (Å²) in [6.45, 7) is 3.52. The molecule has 2 fully saturated rings. The Balaban J connectivity index is 1.28. The number of aromatic nitrogens is 1. The van der Waals surface area contributed by atoms with Gasteiger partial charge in [-0.3, -0.25) is 4.90 Å². The van der Waals surface area contributed by atoms with Gasteiger partial charge in [0.15, 0.2) is 11.6 Å². The lowest BCUT2D eigenvalue weighted by Gasteiger charge is -2.29. The molecule has 0 bridgehead atoms. The van der Waals surface area contributed by atoms with Gasteiger partial charge in [-0.25, -0.2) is 13.8 Å². The number of hydrogen-bond acceptors (Lipinski definition) is 4. The summed E-state index contributed by atoms with van der Waals surface area (Å²) in [5.41, 5.74) is 4.35. The molecule has 0 radical (unpaired) electrons. The van der Waals surface area contributed by atoms with Gasteiger partial charge >= 0.3 is 0 Å². The molecule has 1 saturated heterocycles. The molecule has 1 saturated carbocycles. The number of hydrogen-bond donors (Lipinski definition) is 0. The maximum atomic E-state index is 13.5. The van der Waals surface area contributed by atoms with E-state index in [-0.39, 0.29) is 5.41 Å². The van der Waals surface area contributed by atoms with Crippen molar-refractivity contribution in [2.45, 2.75) is 25.8 Å². The van der Waals surface area contributed by atoms with E-state index < -0.39 is 11.6 Å². The van der Waals surface area contributed by atoms with E-state index in [9.17, 15) is 8.78 Å². The number of ether oxygens (including phenoxy) is 1. The van der Waals surface area contributed by atoms with Crippen LogP contribution in [0.2, 0.25) is 0 Å². The summed E-state index contributed by atoms with van der Waals surface area (Å²) in [5, 5.41) is 0. The molecular formula is C22H22F2N2OS. The fourth-order valence-corrected chi connectivity index (χ4v) is 5.59. The van der Waals surface area contributed by atoms with Gasteiger partial charge in [0, 0.05) is 31.1 Å². The van der Waals surface area contributed by atoms with Gasteiger partial charge in [0.05, 0.1) is 22.3 Å². The number of halogens is 2. The average molecular weight is 400 g/mol. The highest BCUT2D eigenvalue weighted by molar-refractivity contribution is 7.16. The maximum absolute atomic E-state index is 13.5. The van der Waals surface area contributed by atoms with E-state index in [0.717, 1.165) is 43.7 Å². The Morgan fingerprint density at radius 2 is 2.11 bits per heavy atom. The first-order chi connectivity index (χ1) is 13.6. The van der Waals surface area contributed by atoms with E-state index in [4.69, 9.17) is 4.74 Å². The molecule has 1 aromatic heterocycles. The molecule has 1 aliphatic heterocycles. The van der Waals surface area contributed by atoms with Crippen LogP contribution >= 0.6 is 11.3 Å². The maximum Gasteiger partial charge on any atom is 0.162 e. The Bertz CT molecular complexity index is 1010. The molecule has 28 heavy (non-hydrogen) atoms. The summed E-state index contributed by atoms with van der Waals surface area (Å²) in [6, 6.07) is 10.3. The van der Waals surface area contributed by atoms with E-state index in [1.54, 1.807) is 11.3 Å². The number of benzene rings is 2. The van der Waals surface area contributed by atoms with Crippen molar-refractivity contribution in [3.63, 3.8) is 0 Å². The Labute approximate surface area is 167 Å². The van der Waals surface area contributed by atoms with Crippen LogP contribution in [-0.4, -0.2) is 29.6 Å². The topological polar surface area (TPSA) is 25.4 Å². The zero-order chi connectivity index (χ0) is 19.1. The highest BCUT2D eigenvalue weighted by atomic mass is 32.1. The molecule has 2 unspecified atom stereocenters. The molecule has 0 spiro atoms. The minimum Gasteiger partial charge on any atom is -0.493 e. The minimum absolute atomic E-state index is 0.107. The first kappa shape index (κ1) is 18.0. The molecule has 146 valence electrons. The molecule has 5 rings (SSSR count). The third-order valence-corrected chi connectivity index (χ3v) is 7.14. The van der Waals surface area contributed by atoms with Gasteiger partial charge in [-0.15, -0.1) is 11.3 Å². The van der Waals surface area contributed by atoms with Crippen LogP contribution in [0.25, 0.3) is 10.2 Å². The van der Waals surface area contributed by atoms with Crippen LogP contribution in [-0.2, 0) is 6.54 Å². The zero-order valence-electron chi connectivity index (χ0n) is 15.5. The highest BCUT2D eigenvalue weighted by Crippen LogP contribution is 2.49. The number of likely N-dealkylation sites (tertiary alicyclic amines) is 1. The van der Waals surface area contributed by atoms with Crippen LogP contribution < -0.4 is 4.74 Å². The summed E-state index contributed by atoms with van der Waals surface area (Å²) in [7, 11) is 0. The second-order valence-electron chi connectivity index (χ2n) is 8.14. The smallest absolute Gasteiger partial charge is 0.162 e. The summed E-state index contributed by atoms with van der Waals surface area (Å²) in [6.07, 6.45) is 3.55. The monoisotopic (exact) mass is 400 g/mol. The first-order valence-electron chi connectivity index (χ1n) is 9.74. The van der Waals surface area contributed by atoms with Crippen molar-refractivity contribution in [3.8, 4) is 5.75 Å². The normalized spacial score (nSPS) is 24.7. The molecule has 1 aliphatic carbocycles. The van der Waals surface area contributed by atoms with E-state index in [2.05, 4.69) is 28.1 Å². The van der Waals surface area contributed by atoms with Crippen molar-refractivity contribution < 1.29 is 13.5 Å². The lowest BCUT2D eigenvalue weighted by molar-refractivity contribution is 0.127. The highest BCUT2D eigenvalue weighted by Gasteiger charge is 2.49. The van der Waals surface area contributed by atoms with Crippen molar-refractivity contribution in [1.29, 1.82) is 0 Å². The lowest BCUT2D eigenvalue weighted by atomic mass is 9.81. The summed E-state index contributed by atoms with van der Waals surface area (Å²) < 4.78 is 33.8. The first-order valence-corrected chi connectivity index (χ1v) is 10.6. The quantitative estimate of drug-likeness (QED) is 0.584. The van der Waals surface area contributed by atoms with Crippen LogP contribution in [0.1, 0.15) is 24.8 Å². The van der Waals surface area contributed by atoms with Gasteiger partial charge in [0.1, 0.15) is 5.75 Å². The molecule has 2 atom stereocenters. The predicted molar refractivity (Wildman–Crippen MR) is 107 cm³/mol. The van der Waals surface area contributed by atoms with E-state index in [1.807, 2.05) is 5.51 Å². The molecule has 0 amide bonds. The Morgan fingerprint density at radius 3 is 3.00 bits per heavy atom. The Kier molecular flexibility index (Phi) is 4.56. The van der Waals surface area contributed by atoms with Crippen molar-refractivity contribution in [1.82, 2.24) is 9.88 Å². The van der Waals surface area contributed by atoms with E-state index >= 15 is 0 Å². The summed E-state index contributed by atoms with van der Waals surface area (Å²) in [4.78, 5) is 6.93. The standard InChI is InChI=1S/C22H22F2N2OS/c23-18-5-4-17(9-19(18)24)27-13-22-7-1-2-16(22)11-26(12-22)10-15-3-6-21-20(8-15)25-14-28-21/h3-6,8-9,14,16H,1-2,7,10-13H2. The molecule has 0 N–H and O–H groups in total. The fraction of sp³-hybridized carbons (Fsp3) is 0.409. The van der Waals surface area contributed by atoms with E-state index in [0.29, 0.717) is 18.3 Å². The predicted octanol–water partition coefficient (Wildman–Crippen LogP) is 5.26. The Morgan fingerprint density at radius 1 is 1.18 bits per heavy atom. The van der Waals surface area contributed by atoms with Crippen LogP contribution in [0.15, 0.2) is 41.9 Å². The Hall–Kier alpha value is -2.05. The fourth-order valence-electron chi connectivity index (χ4n) is 4.94. The van der Waals surface area contributed by atoms with Gasteiger partial charge in [0.2, 0.25) is 0 Å². The zero-order valence-corrected chi connectivity index (χ0v) is 16.4. The van der Waals surface area contributed by atoms with Crippen LogP contribution in [0.5, 0.6) is 5.75 Å². The molecule has 3 nitrogen and oxygen atoms in total. The average Bonchev–Trinajstić information content (AvgIpc) is 3.36. The number of rotatable bonds is 5. The number of fused-ring (bicyclic) bond motifs is 2. The molecule has 2 aliphatic rings. The summed E-state index contributed by atoms with van der Waals surface area (Å²) in [5.74, 6) is -0.691.